The van der Waals surface area contributed by atoms with E-state index < -0.39 is 10.0 Å². The van der Waals surface area contributed by atoms with Crippen molar-refractivity contribution in [2.45, 2.75) is 37.6 Å². The molecule has 7 heteroatoms. The molecule has 0 fully saturated rings. The van der Waals surface area contributed by atoms with Gasteiger partial charge in [0.25, 0.3) is 0 Å². The van der Waals surface area contributed by atoms with Crippen LogP contribution in [0.2, 0.25) is 0 Å². The molecule has 2 aromatic carbocycles. The number of benzene rings is 2. The summed E-state index contributed by atoms with van der Waals surface area (Å²) in [6.45, 7) is 4.28. The molecule has 0 unspecified atom stereocenters. The highest BCUT2D eigenvalue weighted by molar-refractivity contribution is 7.89. The Hall–Kier alpha value is -2.38. The first-order chi connectivity index (χ1) is 12.9. The zero-order chi connectivity index (χ0) is 19.7. The van der Waals surface area contributed by atoms with Crippen LogP contribution < -0.4 is 15.4 Å². The highest BCUT2D eigenvalue weighted by Gasteiger charge is 2.15. The molecule has 0 bridgehead atoms. The second-order valence-electron chi connectivity index (χ2n) is 6.36. The SMILES string of the molecule is CCC[C@@H](NC(=O)NCCNS(=O)(=O)c1ccc(C)cc1)c1ccccc1. The summed E-state index contributed by atoms with van der Waals surface area (Å²) in [4.78, 5) is 12.3. The van der Waals surface area contributed by atoms with E-state index in [0.29, 0.717) is 0 Å². The van der Waals surface area contributed by atoms with E-state index in [1.165, 1.54) is 0 Å². The Bertz CT molecular complexity index is 821. The van der Waals surface area contributed by atoms with Crippen molar-refractivity contribution in [3.8, 4) is 0 Å². The summed E-state index contributed by atoms with van der Waals surface area (Å²) in [5, 5.41) is 5.64. The van der Waals surface area contributed by atoms with Gasteiger partial charge in [-0.2, -0.15) is 0 Å². The number of amides is 2. The van der Waals surface area contributed by atoms with Crippen molar-refractivity contribution < 1.29 is 13.2 Å². The van der Waals surface area contributed by atoms with Crippen LogP contribution in [0.3, 0.4) is 0 Å². The van der Waals surface area contributed by atoms with Gasteiger partial charge in [-0.1, -0.05) is 61.4 Å². The van der Waals surface area contributed by atoms with Gasteiger partial charge in [-0.05, 0) is 31.0 Å². The summed E-state index contributed by atoms with van der Waals surface area (Å²) in [5.74, 6) is 0. The largest absolute Gasteiger partial charge is 0.337 e. The number of hydrogen-bond donors (Lipinski definition) is 3. The summed E-state index contributed by atoms with van der Waals surface area (Å²) >= 11 is 0. The minimum atomic E-state index is -3.57. The fourth-order valence-electron chi connectivity index (χ4n) is 2.67. The standard InChI is InChI=1S/C20H27N3O3S/c1-3-7-19(17-8-5-4-6-9-17)23-20(24)21-14-15-22-27(25,26)18-12-10-16(2)11-13-18/h4-6,8-13,19,22H,3,7,14-15H2,1-2H3,(H2,21,23,24)/t19-/m1/s1. The summed E-state index contributed by atoms with van der Waals surface area (Å²) in [7, 11) is -3.57. The molecular weight excluding hydrogens is 362 g/mol. The summed E-state index contributed by atoms with van der Waals surface area (Å²) in [5.41, 5.74) is 2.04. The Labute approximate surface area is 161 Å². The molecular formula is C20H27N3O3S. The molecule has 0 aromatic heterocycles. The number of nitrogens with one attached hydrogen (secondary N) is 3. The lowest BCUT2D eigenvalue weighted by molar-refractivity contribution is 0.236. The maximum Gasteiger partial charge on any atom is 0.315 e. The van der Waals surface area contributed by atoms with Crippen molar-refractivity contribution in [2.75, 3.05) is 13.1 Å². The van der Waals surface area contributed by atoms with Crippen LogP contribution >= 0.6 is 0 Å². The van der Waals surface area contributed by atoms with Crippen LogP contribution in [0.25, 0.3) is 0 Å². The fourth-order valence-corrected chi connectivity index (χ4v) is 3.70. The molecule has 0 radical (unpaired) electrons. The highest BCUT2D eigenvalue weighted by Crippen LogP contribution is 2.17. The number of aryl methyl sites for hydroxylation is 1. The molecule has 2 rings (SSSR count). The van der Waals surface area contributed by atoms with E-state index in [4.69, 9.17) is 0 Å². The quantitative estimate of drug-likeness (QED) is 0.576. The van der Waals surface area contributed by atoms with Crippen LogP contribution in [0.4, 0.5) is 4.79 Å². The number of sulfonamides is 1. The Morgan fingerprint density at radius 2 is 1.67 bits per heavy atom. The zero-order valence-electron chi connectivity index (χ0n) is 15.7. The van der Waals surface area contributed by atoms with Crippen LogP contribution in [0, 0.1) is 6.92 Å². The molecule has 0 aliphatic carbocycles. The van der Waals surface area contributed by atoms with Crippen LogP contribution in [0.1, 0.15) is 36.9 Å². The number of carbonyl (C=O) groups is 1. The molecule has 146 valence electrons. The predicted molar refractivity (Wildman–Crippen MR) is 107 cm³/mol. The normalized spacial score (nSPS) is 12.4. The van der Waals surface area contributed by atoms with Gasteiger partial charge < -0.3 is 10.6 Å². The minimum absolute atomic E-state index is 0.0690. The predicted octanol–water partition coefficient (Wildman–Crippen LogP) is 3.11. The van der Waals surface area contributed by atoms with Gasteiger partial charge in [0.15, 0.2) is 0 Å². The van der Waals surface area contributed by atoms with E-state index in [1.807, 2.05) is 37.3 Å². The van der Waals surface area contributed by atoms with Crippen molar-refractivity contribution in [1.82, 2.24) is 15.4 Å². The monoisotopic (exact) mass is 389 g/mol. The number of urea groups is 1. The number of rotatable bonds is 9. The van der Waals surface area contributed by atoms with Crippen molar-refractivity contribution in [3.63, 3.8) is 0 Å². The Balaban J connectivity index is 1.80. The molecule has 2 amide bonds. The molecule has 0 aliphatic heterocycles. The van der Waals surface area contributed by atoms with Crippen LogP contribution in [0.5, 0.6) is 0 Å². The Morgan fingerprint density at radius 3 is 2.30 bits per heavy atom. The first-order valence-corrected chi connectivity index (χ1v) is 10.6. The molecule has 0 spiro atoms. The third-order valence-electron chi connectivity index (χ3n) is 4.12. The van der Waals surface area contributed by atoms with Crippen molar-refractivity contribution >= 4 is 16.1 Å². The third-order valence-corrected chi connectivity index (χ3v) is 5.60. The lowest BCUT2D eigenvalue weighted by atomic mass is 10.0. The Morgan fingerprint density at radius 1 is 1.00 bits per heavy atom. The maximum absolute atomic E-state index is 12.2. The van der Waals surface area contributed by atoms with Gasteiger partial charge in [0, 0.05) is 13.1 Å². The van der Waals surface area contributed by atoms with Gasteiger partial charge in [0.1, 0.15) is 0 Å². The van der Waals surface area contributed by atoms with E-state index in [2.05, 4.69) is 22.3 Å². The molecule has 2 aromatic rings. The molecule has 1 atom stereocenters. The topological polar surface area (TPSA) is 87.3 Å². The van der Waals surface area contributed by atoms with E-state index in [-0.39, 0.29) is 30.1 Å². The third kappa shape index (κ3) is 6.69. The van der Waals surface area contributed by atoms with Gasteiger partial charge in [0.2, 0.25) is 10.0 Å². The molecule has 0 saturated heterocycles. The molecule has 3 N–H and O–H groups in total. The number of carbonyl (C=O) groups excluding carboxylic acids is 1. The first-order valence-electron chi connectivity index (χ1n) is 9.08. The molecule has 0 saturated carbocycles. The average Bonchev–Trinajstić information content (AvgIpc) is 2.66. The molecule has 0 heterocycles. The Kier molecular flexibility index (Phi) is 7.82. The smallest absolute Gasteiger partial charge is 0.315 e. The van der Waals surface area contributed by atoms with Crippen LogP contribution in [0.15, 0.2) is 59.5 Å². The average molecular weight is 390 g/mol. The summed E-state index contributed by atoms with van der Waals surface area (Å²) in [6.07, 6.45) is 1.77. The minimum Gasteiger partial charge on any atom is -0.337 e. The van der Waals surface area contributed by atoms with Gasteiger partial charge in [0.05, 0.1) is 10.9 Å². The van der Waals surface area contributed by atoms with Gasteiger partial charge in [-0.3, -0.25) is 0 Å². The van der Waals surface area contributed by atoms with Crippen molar-refractivity contribution in [1.29, 1.82) is 0 Å². The van der Waals surface area contributed by atoms with Gasteiger partial charge in [-0.15, -0.1) is 0 Å². The van der Waals surface area contributed by atoms with Gasteiger partial charge >= 0.3 is 6.03 Å². The summed E-state index contributed by atoms with van der Waals surface area (Å²) in [6, 6.07) is 16.0. The maximum atomic E-state index is 12.2. The number of hydrogen-bond acceptors (Lipinski definition) is 3. The van der Waals surface area contributed by atoms with E-state index in [9.17, 15) is 13.2 Å². The second kappa shape index (κ2) is 10.1. The van der Waals surface area contributed by atoms with Gasteiger partial charge in [-0.25, -0.2) is 17.9 Å². The highest BCUT2D eigenvalue weighted by atomic mass is 32.2. The van der Waals surface area contributed by atoms with E-state index in [1.54, 1.807) is 24.3 Å². The van der Waals surface area contributed by atoms with Crippen LogP contribution in [-0.4, -0.2) is 27.5 Å². The zero-order valence-corrected chi connectivity index (χ0v) is 16.6. The van der Waals surface area contributed by atoms with E-state index >= 15 is 0 Å². The van der Waals surface area contributed by atoms with Crippen molar-refractivity contribution in [2.24, 2.45) is 0 Å². The molecule has 0 aliphatic rings. The fraction of sp³-hybridized carbons (Fsp3) is 0.350. The summed E-state index contributed by atoms with van der Waals surface area (Å²) < 4.78 is 26.9. The second-order valence-corrected chi connectivity index (χ2v) is 8.13. The molecule has 27 heavy (non-hydrogen) atoms. The van der Waals surface area contributed by atoms with E-state index in [0.717, 1.165) is 24.0 Å². The van der Waals surface area contributed by atoms with Crippen molar-refractivity contribution in [3.05, 3.63) is 65.7 Å². The van der Waals surface area contributed by atoms with Crippen LogP contribution in [-0.2, 0) is 10.0 Å². The lowest BCUT2D eigenvalue weighted by Gasteiger charge is -2.19. The molecule has 6 nitrogen and oxygen atoms in total. The lowest BCUT2D eigenvalue weighted by Crippen LogP contribution is -2.41. The first kappa shape index (κ1) is 20.9.